The molecule has 0 aliphatic rings. The van der Waals surface area contributed by atoms with Crippen LogP contribution < -0.4 is 11.3 Å². The average molecular weight is 429 g/mol. The maximum atomic E-state index is 12.3. The van der Waals surface area contributed by atoms with Gasteiger partial charge in [-0.05, 0) is 35.4 Å². The number of halogens is 1. The lowest BCUT2D eigenvalue weighted by atomic mass is 9.81. The van der Waals surface area contributed by atoms with Crippen LogP contribution >= 0.6 is 11.6 Å². The van der Waals surface area contributed by atoms with Gasteiger partial charge in [0.1, 0.15) is 5.54 Å². The Bertz CT molecular complexity index is 1430. The van der Waals surface area contributed by atoms with E-state index in [0.717, 1.165) is 22.1 Å². The number of benzene rings is 1. The molecule has 0 spiro atoms. The van der Waals surface area contributed by atoms with E-state index in [1.54, 1.807) is 49.4 Å². The van der Waals surface area contributed by atoms with E-state index in [4.69, 9.17) is 17.3 Å². The topological polar surface area (TPSA) is 113 Å². The van der Waals surface area contributed by atoms with Crippen molar-refractivity contribution in [3.8, 4) is 11.1 Å². The number of aromatic nitrogens is 5. The van der Waals surface area contributed by atoms with Crippen molar-refractivity contribution >= 4 is 22.5 Å². The lowest BCUT2D eigenvalue weighted by molar-refractivity contribution is 0.630. The Kier molecular flexibility index (Phi) is 4.62. The van der Waals surface area contributed by atoms with Gasteiger partial charge in [0.15, 0.2) is 0 Å². The summed E-state index contributed by atoms with van der Waals surface area (Å²) >= 11 is 6.23. The Morgan fingerprint density at radius 2 is 1.84 bits per heavy atom. The Morgan fingerprint density at radius 3 is 2.58 bits per heavy atom. The van der Waals surface area contributed by atoms with E-state index >= 15 is 0 Å². The van der Waals surface area contributed by atoms with E-state index < -0.39 is 5.54 Å². The lowest BCUT2D eigenvalue weighted by Crippen LogP contribution is -2.39. The maximum absolute atomic E-state index is 12.3. The second-order valence-corrected chi connectivity index (χ2v) is 7.65. The smallest absolute Gasteiger partial charge is 0.249 e. The molecule has 0 radical (unpaired) electrons. The number of nitrogens with two attached hydrogens (primary N) is 1. The molecule has 8 heteroatoms. The van der Waals surface area contributed by atoms with Gasteiger partial charge in [0.05, 0.1) is 23.2 Å². The number of aromatic amines is 2. The first-order chi connectivity index (χ1) is 15.1. The van der Waals surface area contributed by atoms with Crippen molar-refractivity contribution in [3.05, 3.63) is 112 Å². The van der Waals surface area contributed by atoms with Gasteiger partial charge >= 0.3 is 0 Å². The molecule has 0 saturated carbocycles. The van der Waals surface area contributed by atoms with Gasteiger partial charge < -0.3 is 15.7 Å². The molecule has 0 amide bonds. The first kappa shape index (κ1) is 19.2. The highest BCUT2D eigenvalue weighted by molar-refractivity contribution is 6.30. The third kappa shape index (κ3) is 3.30. The van der Waals surface area contributed by atoms with Crippen molar-refractivity contribution in [2.75, 3.05) is 0 Å². The molecular weight excluding hydrogens is 412 g/mol. The Hall–Kier alpha value is -3.81. The van der Waals surface area contributed by atoms with E-state index in [-0.39, 0.29) is 5.56 Å². The number of rotatable bonds is 4. The fourth-order valence-corrected chi connectivity index (χ4v) is 4.01. The molecule has 0 saturated heterocycles. The minimum absolute atomic E-state index is 0.189. The first-order valence-electron chi connectivity index (χ1n) is 9.52. The minimum Gasteiger partial charge on any atom is -0.346 e. The minimum atomic E-state index is -1.09. The largest absolute Gasteiger partial charge is 0.346 e. The van der Waals surface area contributed by atoms with E-state index in [1.165, 1.54) is 0 Å². The molecule has 1 unspecified atom stereocenters. The summed E-state index contributed by atoms with van der Waals surface area (Å²) in [4.78, 5) is 30.9. The van der Waals surface area contributed by atoms with Gasteiger partial charge in [-0.3, -0.25) is 14.8 Å². The zero-order valence-electron chi connectivity index (χ0n) is 16.2. The summed E-state index contributed by atoms with van der Waals surface area (Å²) in [5.74, 6) is 0. The monoisotopic (exact) mass is 428 g/mol. The van der Waals surface area contributed by atoms with Crippen molar-refractivity contribution in [2.24, 2.45) is 5.73 Å². The standard InChI is InChI=1S/C23H17ClN6O/c24-17-6-16(10-27-11-17)23(25,21-12-28-13-29-21)15-3-4-20-19(7-15)18(8-22(31)30-20)14-2-1-5-26-9-14/h1-13H,25H2,(H,28,29)(H,30,31). The summed E-state index contributed by atoms with van der Waals surface area (Å²) in [6.07, 6.45) is 9.93. The third-order valence-electron chi connectivity index (χ3n) is 5.35. The summed E-state index contributed by atoms with van der Waals surface area (Å²) in [7, 11) is 0. The van der Waals surface area contributed by atoms with Crippen LogP contribution in [0.1, 0.15) is 16.8 Å². The number of nitrogens with zero attached hydrogens (tertiary/aromatic N) is 3. The molecule has 0 bridgehead atoms. The molecule has 1 atom stereocenters. The quantitative estimate of drug-likeness (QED) is 0.404. The summed E-state index contributed by atoms with van der Waals surface area (Å²) in [5.41, 5.74) is 10.2. The predicted molar refractivity (Wildman–Crippen MR) is 120 cm³/mol. The van der Waals surface area contributed by atoms with Crippen LogP contribution in [0.2, 0.25) is 5.02 Å². The highest BCUT2D eigenvalue weighted by atomic mass is 35.5. The number of hydrogen-bond donors (Lipinski definition) is 3. The second-order valence-electron chi connectivity index (χ2n) is 7.21. The molecule has 152 valence electrons. The maximum Gasteiger partial charge on any atom is 0.249 e. The van der Waals surface area contributed by atoms with E-state index in [0.29, 0.717) is 21.8 Å². The second kappa shape index (κ2) is 7.46. The van der Waals surface area contributed by atoms with Crippen LogP contribution in [0.15, 0.2) is 84.6 Å². The van der Waals surface area contributed by atoms with Crippen molar-refractivity contribution in [2.45, 2.75) is 5.54 Å². The van der Waals surface area contributed by atoms with Crippen LogP contribution in [0.4, 0.5) is 0 Å². The molecule has 4 aromatic heterocycles. The van der Waals surface area contributed by atoms with E-state index in [2.05, 4.69) is 24.9 Å². The number of hydrogen-bond acceptors (Lipinski definition) is 5. The summed E-state index contributed by atoms with van der Waals surface area (Å²) in [6, 6.07) is 12.8. The number of H-pyrrole nitrogens is 2. The van der Waals surface area contributed by atoms with E-state index in [1.807, 2.05) is 30.3 Å². The van der Waals surface area contributed by atoms with Crippen molar-refractivity contribution in [1.29, 1.82) is 0 Å². The summed E-state index contributed by atoms with van der Waals surface area (Å²) in [5, 5.41) is 1.32. The lowest BCUT2D eigenvalue weighted by Gasteiger charge is -2.30. The SMILES string of the molecule is NC(c1cncc(Cl)c1)(c1ccc2[nH]c(=O)cc(-c3cccnc3)c2c1)c1cnc[nH]1. The molecule has 5 rings (SSSR count). The first-order valence-corrected chi connectivity index (χ1v) is 9.90. The fourth-order valence-electron chi connectivity index (χ4n) is 3.84. The predicted octanol–water partition coefficient (Wildman–Crippen LogP) is 3.61. The molecule has 0 fully saturated rings. The summed E-state index contributed by atoms with van der Waals surface area (Å²) in [6.45, 7) is 0. The van der Waals surface area contributed by atoms with Gasteiger partial charge in [0.2, 0.25) is 5.56 Å². The van der Waals surface area contributed by atoms with Crippen molar-refractivity contribution in [1.82, 2.24) is 24.9 Å². The zero-order chi connectivity index (χ0) is 21.4. The fraction of sp³-hybridized carbons (Fsp3) is 0.0435. The molecular formula is C23H17ClN6O. The highest BCUT2D eigenvalue weighted by Crippen LogP contribution is 2.36. The van der Waals surface area contributed by atoms with Crippen LogP contribution in [0.5, 0.6) is 0 Å². The molecule has 31 heavy (non-hydrogen) atoms. The van der Waals surface area contributed by atoms with E-state index in [9.17, 15) is 4.79 Å². The van der Waals surface area contributed by atoms with Gasteiger partial charge in [-0.25, -0.2) is 4.98 Å². The van der Waals surface area contributed by atoms with Gasteiger partial charge in [0, 0.05) is 52.9 Å². The molecule has 1 aromatic carbocycles. The third-order valence-corrected chi connectivity index (χ3v) is 5.56. The van der Waals surface area contributed by atoms with Crippen LogP contribution in [0, 0.1) is 0 Å². The van der Waals surface area contributed by atoms with Gasteiger partial charge in [-0.1, -0.05) is 23.7 Å². The molecule has 5 aromatic rings. The number of imidazole rings is 1. The van der Waals surface area contributed by atoms with Crippen LogP contribution in [-0.2, 0) is 5.54 Å². The van der Waals surface area contributed by atoms with Gasteiger partial charge in [-0.2, -0.15) is 0 Å². The number of pyridine rings is 3. The molecule has 4 N–H and O–H groups in total. The molecule has 0 aliphatic heterocycles. The Labute approximate surface area is 182 Å². The normalized spacial score (nSPS) is 13.2. The van der Waals surface area contributed by atoms with Crippen LogP contribution in [0.25, 0.3) is 22.0 Å². The molecule has 7 nitrogen and oxygen atoms in total. The summed E-state index contributed by atoms with van der Waals surface area (Å²) < 4.78 is 0. The highest BCUT2D eigenvalue weighted by Gasteiger charge is 2.34. The van der Waals surface area contributed by atoms with Crippen LogP contribution in [0.3, 0.4) is 0 Å². The van der Waals surface area contributed by atoms with Gasteiger partial charge in [0.25, 0.3) is 0 Å². The molecule has 4 heterocycles. The Balaban J connectivity index is 1.80. The van der Waals surface area contributed by atoms with Gasteiger partial charge in [-0.15, -0.1) is 0 Å². The number of fused-ring (bicyclic) bond motifs is 1. The van der Waals surface area contributed by atoms with Crippen LogP contribution in [-0.4, -0.2) is 24.9 Å². The molecule has 0 aliphatic carbocycles. The zero-order valence-corrected chi connectivity index (χ0v) is 17.0. The number of nitrogens with one attached hydrogen (secondary N) is 2. The average Bonchev–Trinajstić information content (AvgIpc) is 3.34. The Morgan fingerprint density at radius 1 is 0.935 bits per heavy atom. The van der Waals surface area contributed by atoms with Crippen molar-refractivity contribution < 1.29 is 0 Å². The van der Waals surface area contributed by atoms with Crippen molar-refractivity contribution in [3.63, 3.8) is 0 Å².